The van der Waals surface area contributed by atoms with Gasteiger partial charge in [0, 0.05) is 71.9 Å². The van der Waals surface area contributed by atoms with E-state index in [1.165, 1.54) is 0 Å². The van der Waals surface area contributed by atoms with Crippen LogP contribution in [0.4, 0.5) is 11.4 Å². The predicted molar refractivity (Wildman–Crippen MR) is 145 cm³/mol. The van der Waals surface area contributed by atoms with Crippen molar-refractivity contribution in [2.75, 3.05) is 42.6 Å². The number of carbonyl (C=O) groups excluding carboxylic acids is 1. The third-order valence-electron chi connectivity index (χ3n) is 7.52. The van der Waals surface area contributed by atoms with Crippen molar-refractivity contribution in [2.24, 2.45) is 5.73 Å². The van der Waals surface area contributed by atoms with Crippen LogP contribution in [0, 0.1) is 0 Å². The van der Waals surface area contributed by atoms with Gasteiger partial charge in [0.15, 0.2) is 0 Å². The number of ether oxygens (including phenoxy) is 1. The number of benzene rings is 3. The zero-order chi connectivity index (χ0) is 25.4. The minimum Gasteiger partial charge on any atom is -0.456 e. The van der Waals surface area contributed by atoms with Crippen molar-refractivity contribution in [1.82, 2.24) is 10.4 Å². The Morgan fingerprint density at radius 1 is 0.806 bits per heavy atom. The number of nitrogens with one attached hydrogen (secondary N) is 1. The van der Waals surface area contributed by atoms with Crippen molar-refractivity contribution < 1.29 is 9.53 Å². The number of hydrogen-bond acceptors (Lipinski definition) is 6. The Morgan fingerprint density at radius 2 is 1.33 bits per heavy atom. The van der Waals surface area contributed by atoms with Gasteiger partial charge in [-0.25, -0.2) is 5.43 Å². The van der Waals surface area contributed by atoms with E-state index in [0.717, 1.165) is 65.7 Å². The molecule has 188 valence electrons. The molecule has 1 amide bonds. The second kappa shape index (κ2) is 9.48. The number of nitrogens with two attached hydrogens (primary N) is 1. The number of anilines is 2. The molecule has 1 spiro atoms. The Hall–Kier alpha value is -3.55. The zero-order valence-corrected chi connectivity index (χ0v) is 21.5. The normalized spacial score (nSPS) is 14.8. The molecule has 0 aliphatic carbocycles. The first kappa shape index (κ1) is 24.2. The van der Waals surface area contributed by atoms with E-state index in [2.05, 4.69) is 79.3 Å². The maximum Gasteiger partial charge on any atom is 0.269 e. The quantitative estimate of drug-likeness (QED) is 0.453. The molecule has 2 heterocycles. The lowest BCUT2D eigenvalue weighted by Crippen LogP contribution is -2.55. The monoisotopic (exact) mass is 485 g/mol. The first-order valence-electron chi connectivity index (χ1n) is 12.9. The second-order valence-corrected chi connectivity index (χ2v) is 9.07. The van der Waals surface area contributed by atoms with E-state index in [1.54, 1.807) is 5.01 Å². The van der Waals surface area contributed by atoms with Crippen LogP contribution in [0.25, 0.3) is 0 Å². The number of rotatable bonds is 8. The third-order valence-corrected chi connectivity index (χ3v) is 7.52. The highest BCUT2D eigenvalue weighted by atomic mass is 16.5. The van der Waals surface area contributed by atoms with Crippen molar-refractivity contribution in [3.63, 3.8) is 0 Å². The molecule has 36 heavy (non-hydrogen) atoms. The lowest BCUT2D eigenvalue weighted by molar-refractivity contribution is 0.0512. The fourth-order valence-electron chi connectivity index (χ4n) is 5.81. The van der Waals surface area contributed by atoms with E-state index < -0.39 is 5.54 Å². The molecule has 0 bridgehead atoms. The molecule has 2 aliphatic rings. The van der Waals surface area contributed by atoms with Gasteiger partial charge in [-0.05, 0) is 45.9 Å². The van der Waals surface area contributed by atoms with Crippen LogP contribution in [-0.4, -0.2) is 43.8 Å². The maximum absolute atomic E-state index is 13.8. The maximum atomic E-state index is 13.8. The summed E-state index contributed by atoms with van der Waals surface area (Å²) in [5, 5.41) is 1.70. The van der Waals surface area contributed by atoms with Crippen LogP contribution in [0.3, 0.4) is 0 Å². The molecular formula is C29H35N5O2. The Morgan fingerprint density at radius 3 is 1.83 bits per heavy atom. The van der Waals surface area contributed by atoms with Crippen molar-refractivity contribution >= 4 is 17.3 Å². The Bertz CT molecular complexity index is 1220. The highest BCUT2D eigenvalue weighted by Crippen LogP contribution is 2.57. The molecule has 0 fully saturated rings. The van der Waals surface area contributed by atoms with Gasteiger partial charge in [-0.3, -0.25) is 9.80 Å². The fourth-order valence-corrected chi connectivity index (χ4v) is 5.81. The van der Waals surface area contributed by atoms with Crippen LogP contribution in [0.15, 0.2) is 60.7 Å². The number of fused-ring (bicyclic) bond motifs is 6. The minimum absolute atomic E-state index is 0.101. The summed E-state index contributed by atoms with van der Waals surface area (Å²) < 4.78 is 6.65. The highest BCUT2D eigenvalue weighted by Gasteiger charge is 2.56. The summed E-state index contributed by atoms with van der Waals surface area (Å²) in [7, 11) is 0. The molecule has 0 saturated heterocycles. The number of carbonyl (C=O) groups is 1. The highest BCUT2D eigenvalue weighted by molar-refractivity contribution is 6.02. The molecule has 0 atom stereocenters. The lowest BCUT2D eigenvalue weighted by atomic mass is 9.75. The van der Waals surface area contributed by atoms with Gasteiger partial charge in [0.1, 0.15) is 17.0 Å². The number of amides is 1. The smallest absolute Gasteiger partial charge is 0.269 e. The molecule has 0 aromatic heterocycles. The molecule has 0 unspecified atom stereocenters. The summed E-state index contributed by atoms with van der Waals surface area (Å²) >= 11 is 0. The largest absolute Gasteiger partial charge is 0.456 e. The Labute approximate surface area is 213 Å². The molecule has 0 saturated carbocycles. The first-order chi connectivity index (χ1) is 17.5. The standard InChI is InChI=1S/C29H35N5O2/c1-5-32(6-2)20-13-15-24-26(17-20)36-27-18-21(33(7-3)8-4)14-16-25(27)29(24)23-12-10-9-11-22(23)28(35)34(29)31-19-30/h9-18,31H,5-8,19,30H2,1-4H3. The van der Waals surface area contributed by atoms with Crippen molar-refractivity contribution in [3.05, 3.63) is 82.9 Å². The van der Waals surface area contributed by atoms with Crippen molar-refractivity contribution in [3.8, 4) is 11.5 Å². The van der Waals surface area contributed by atoms with Gasteiger partial charge in [0.05, 0.1) is 6.67 Å². The molecule has 7 heteroatoms. The van der Waals surface area contributed by atoms with Gasteiger partial charge >= 0.3 is 0 Å². The van der Waals surface area contributed by atoms with Gasteiger partial charge in [-0.15, -0.1) is 0 Å². The first-order valence-corrected chi connectivity index (χ1v) is 12.9. The van der Waals surface area contributed by atoms with Crippen LogP contribution < -0.4 is 25.7 Å². The number of hydrogen-bond donors (Lipinski definition) is 2. The van der Waals surface area contributed by atoms with E-state index in [9.17, 15) is 4.79 Å². The second-order valence-electron chi connectivity index (χ2n) is 9.07. The minimum atomic E-state index is -0.903. The molecule has 3 N–H and O–H groups in total. The zero-order valence-electron chi connectivity index (χ0n) is 21.5. The predicted octanol–water partition coefficient (Wildman–Crippen LogP) is 4.65. The summed E-state index contributed by atoms with van der Waals surface area (Å²) in [4.78, 5) is 18.4. The van der Waals surface area contributed by atoms with Crippen LogP contribution >= 0.6 is 0 Å². The average Bonchev–Trinajstić information content (AvgIpc) is 3.14. The molecular weight excluding hydrogens is 450 g/mol. The Balaban J connectivity index is 1.82. The molecule has 3 aromatic carbocycles. The molecule has 5 rings (SSSR count). The van der Waals surface area contributed by atoms with E-state index in [1.807, 2.05) is 24.3 Å². The lowest BCUT2D eigenvalue weighted by Gasteiger charge is -2.44. The van der Waals surface area contributed by atoms with E-state index >= 15 is 0 Å². The van der Waals surface area contributed by atoms with Crippen molar-refractivity contribution in [1.29, 1.82) is 0 Å². The number of nitrogens with zero attached hydrogens (tertiary/aromatic N) is 3. The average molecular weight is 486 g/mol. The molecule has 2 aliphatic heterocycles. The topological polar surface area (TPSA) is 74.1 Å². The van der Waals surface area contributed by atoms with Gasteiger partial charge in [0.2, 0.25) is 0 Å². The summed E-state index contributed by atoms with van der Waals surface area (Å²) in [6.45, 7) is 12.3. The van der Waals surface area contributed by atoms with Crippen LogP contribution in [0.2, 0.25) is 0 Å². The molecule has 3 aromatic rings. The summed E-state index contributed by atoms with van der Waals surface area (Å²) in [6.07, 6.45) is 0. The van der Waals surface area contributed by atoms with Crippen LogP contribution in [-0.2, 0) is 5.54 Å². The number of hydrazine groups is 1. The van der Waals surface area contributed by atoms with Gasteiger partial charge in [-0.1, -0.05) is 30.3 Å². The third kappa shape index (κ3) is 3.38. The summed E-state index contributed by atoms with van der Waals surface area (Å²) in [5.41, 5.74) is 13.9. The van der Waals surface area contributed by atoms with Crippen LogP contribution in [0.5, 0.6) is 11.5 Å². The van der Waals surface area contributed by atoms with Gasteiger partial charge in [0.25, 0.3) is 5.91 Å². The molecule has 7 nitrogen and oxygen atoms in total. The molecule has 0 radical (unpaired) electrons. The van der Waals surface area contributed by atoms with Gasteiger partial charge in [-0.2, -0.15) is 0 Å². The SMILES string of the molecule is CCN(CC)c1ccc2c(c1)Oc1cc(N(CC)CC)ccc1C21c2ccccc2C(=O)N1NCN. The van der Waals surface area contributed by atoms with E-state index in [-0.39, 0.29) is 12.6 Å². The van der Waals surface area contributed by atoms with E-state index in [4.69, 9.17) is 10.5 Å². The van der Waals surface area contributed by atoms with E-state index in [0.29, 0.717) is 5.56 Å². The van der Waals surface area contributed by atoms with Gasteiger partial charge < -0.3 is 20.3 Å². The summed E-state index contributed by atoms with van der Waals surface area (Å²) in [5.74, 6) is 1.39. The van der Waals surface area contributed by atoms with Crippen molar-refractivity contribution in [2.45, 2.75) is 33.2 Å². The summed E-state index contributed by atoms with van der Waals surface area (Å²) in [6, 6.07) is 20.5. The Kier molecular flexibility index (Phi) is 6.36. The fraction of sp³-hybridized carbons (Fsp3) is 0.345. The van der Waals surface area contributed by atoms with Crippen LogP contribution in [0.1, 0.15) is 54.7 Å².